The lowest BCUT2D eigenvalue weighted by Crippen LogP contribution is -2.31. The van der Waals surface area contributed by atoms with Gasteiger partial charge in [0.15, 0.2) is 0 Å². The van der Waals surface area contributed by atoms with Crippen LogP contribution in [0, 0.1) is 0 Å². The summed E-state index contributed by atoms with van der Waals surface area (Å²) in [5.74, 6) is 0.808. The summed E-state index contributed by atoms with van der Waals surface area (Å²) in [5, 5.41) is 6.77. The molecule has 1 aliphatic heterocycles. The van der Waals surface area contributed by atoms with E-state index in [4.69, 9.17) is 0 Å². The number of nitrogens with one attached hydrogen (secondary N) is 2. The van der Waals surface area contributed by atoms with Gasteiger partial charge in [0, 0.05) is 18.5 Å². The second-order valence-corrected chi connectivity index (χ2v) is 5.95. The molecule has 0 saturated heterocycles. The van der Waals surface area contributed by atoms with Crippen molar-refractivity contribution in [3.05, 3.63) is 23.2 Å². The molecule has 0 spiro atoms. The SMILES string of the molecule is C=N/C(NC1CCCCC1)=C(\C=N/CNCC)C1=CCCC=N1. The molecule has 0 atom stereocenters. The van der Waals surface area contributed by atoms with Crippen LogP contribution >= 0.6 is 0 Å². The molecule has 0 unspecified atom stereocenters. The second kappa shape index (κ2) is 10.1. The molecule has 2 N–H and O–H groups in total. The van der Waals surface area contributed by atoms with Crippen LogP contribution in [-0.4, -0.2) is 38.4 Å². The largest absolute Gasteiger partial charge is 0.367 e. The summed E-state index contributed by atoms with van der Waals surface area (Å²) in [6, 6.07) is 0.481. The van der Waals surface area contributed by atoms with E-state index in [1.807, 2.05) is 12.4 Å². The third-order valence-corrected chi connectivity index (χ3v) is 4.17. The molecule has 0 radical (unpaired) electrons. The zero-order valence-corrected chi connectivity index (χ0v) is 14.2. The molecule has 2 rings (SSSR count). The fourth-order valence-corrected chi connectivity index (χ4v) is 2.90. The predicted octanol–water partition coefficient (Wildman–Crippen LogP) is 3.21. The van der Waals surface area contributed by atoms with Crippen LogP contribution in [0.5, 0.6) is 0 Å². The van der Waals surface area contributed by atoms with Crippen LogP contribution in [0.3, 0.4) is 0 Å². The topological polar surface area (TPSA) is 61.1 Å². The average Bonchev–Trinajstić information content (AvgIpc) is 2.62. The van der Waals surface area contributed by atoms with E-state index in [0.717, 1.165) is 36.5 Å². The first-order valence-corrected chi connectivity index (χ1v) is 8.76. The Bertz CT molecular complexity index is 496. The summed E-state index contributed by atoms with van der Waals surface area (Å²) >= 11 is 0. The molecule has 0 bridgehead atoms. The maximum absolute atomic E-state index is 4.53. The van der Waals surface area contributed by atoms with Crippen molar-refractivity contribution < 1.29 is 0 Å². The quantitative estimate of drug-likeness (QED) is 0.534. The summed E-state index contributed by atoms with van der Waals surface area (Å²) in [7, 11) is 0. The molecule has 0 aromatic carbocycles. The summed E-state index contributed by atoms with van der Waals surface area (Å²) in [6.45, 7) is 7.34. The van der Waals surface area contributed by atoms with E-state index in [0.29, 0.717) is 12.7 Å². The van der Waals surface area contributed by atoms with Gasteiger partial charge in [0.25, 0.3) is 0 Å². The summed E-state index contributed by atoms with van der Waals surface area (Å²) < 4.78 is 0. The summed E-state index contributed by atoms with van der Waals surface area (Å²) in [4.78, 5) is 13.2. The first-order valence-electron chi connectivity index (χ1n) is 8.76. The standard InChI is InChI=1S/C18H29N5/c1-3-20-14-21-13-16(17-11-7-8-12-22-17)18(19-2)23-15-9-5-4-6-10-15/h11-13,15,20,23H,2-10,14H2,1H3/b18-16-,21-13-. The fraction of sp³-hybridized carbons (Fsp3) is 0.611. The molecule has 2 aliphatic rings. The first-order chi connectivity index (χ1) is 11.3. The van der Waals surface area contributed by atoms with E-state index in [-0.39, 0.29) is 0 Å². The van der Waals surface area contributed by atoms with Gasteiger partial charge in [0.05, 0.1) is 17.9 Å². The van der Waals surface area contributed by atoms with Gasteiger partial charge in [-0.05, 0) is 38.9 Å². The molecule has 5 nitrogen and oxygen atoms in total. The van der Waals surface area contributed by atoms with Crippen molar-refractivity contribution in [1.82, 2.24) is 10.6 Å². The number of rotatable bonds is 8. The van der Waals surface area contributed by atoms with E-state index in [2.05, 4.69) is 45.3 Å². The highest BCUT2D eigenvalue weighted by Gasteiger charge is 2.17. The van der Waals surface area contributed by atoms with E-state index in [1.54, 1.807) is 0 Å². The molecule has 5 heteroatoms. The van der Waals surface area contributed by atoms with Crippen LogP contribution in [0.25, 0.3) is 0 Å². The van der Waals surface area contributed by atoms with Crippen molar-refractivity contribution in [3.8, 4) is 0 Å². The maximum atomic E-state index is 4.53. The van der Waals surface area contributed by atoms with Crippen molar-refractivity contribution in [1.29, 1.82) is 0 Å². The average molecular weight is 315 g/mol. The third kappa shape index (κ3) is 5.75. The molecule has 1 heterocycles. The highest BCUT2D eigenvalue weighted by molar-refractivity contribution is 5.87. The van der Waals surface area contributed by atoms with Gasteiger partial charge in [-0.2, -0.15) is 0 Å². The van der Waals surface area contributed by atoms with Crippen LogP contribution in [-0.2, 0) is 0 Å². The lowest BCUT2D eigenvalue weighted by molar-refractivity contribution is 0.395. The lowest BCUT2D eigenvalue weighted by atomic mass is 9.95. The second-order valence-electron chi connectivity index (χ2n) is 5.95. The molecule has 0 amide bonds. The summed E-state index contributed by atoms with van der Waals surface area (Å²) in [6.07, 6.45) is 14.3. The molecule has 126 valence electrons. The monoisotopic (exact) mass is 315 g/mol. The number of aliphatic imine (C=N–C) groups is 3. The van der Waals surface area contributed by atoms with Crippen molar-refractivity contribution in [2.24, 2.45) is 15.0 Å². The maximum Gasteiger partial charge on any atom is 0.136 e. The Morgan fingerprint density at radius 1 is 1.35 bits per heavy atom. The Morgan fingerprint density at radius 3 is 2.83 bits per heavy atom. The Balaban J connectivity index is 2.19. The number of hydrogen-bond acceptors (Lipinski definition) is 5. The van der Waals surface area contributed by atoms with Gasteiger partial charge in [-0.1, -0.05) is 32.3 Å². The van der Waals surface area contributed by atoms with Gasteiger partial charge in [0.2, 0.25) is 0 Å². The van der Waals surface area contributed by atoms with Gasteiger partial charge in [-0.25, -0.2) is 4.99 Å². The van der Waals surface area contributed by atoms with Crippen LogP contribution in [0.4, 0.5) is 0 Å². The molecule has 1 aliphatic carbocycles. The number of allylic oxidation sites excluding steroid dienone is 2. The molecule has 0 aromatic heterocycles. The van der Waals surface area contributed by atoms with Crippen molar-refractivity contribution >= 4 is 19.1 Å². The minimum atomic E-state index is 0.481. The third-order valence-electron chi connectivity index (χ3n) is 4.17. The Hall–Kier alpha value is -1.75. The normalized spacial score (nSPS) is 20.3. The Labute approximate surface area is 139 Å². The molecular weight excluding hydrogens is 286 g/mol. The van der Waals surface area contributed by atoms with E-state index in [9.17, 15) is 0 Å². The number of hydrogen-bond donors (Lipinski definition) is 2. The first kappa shape index (κ1) is 17.6. The Morgan fingerprint density at radius 2 is 2.17 bits per heavy atom. The van der Waals surface area contributed by atoms with Crippen LogP contribution in [0.15, 0.2) is 38.1 Å². The molecule has 1 fully saturated rings. The van der Waals surface area contributed by atoms with Gasteiger partial charge < -0.3 is 5.32 Å². The van der Waals surface area contributed by atoms with Gasteiger partial charge in [-0.15, -0.1) is 0 Å². The fourth-order valence-electron chi connectivity index (χ4n) is 2.90. The molecular formula is C18H29N5. The van der Waals surface area contributed by atoms with Crippen molar-refractivity contribution in [3.63, 3.8) is 0 Å². The minimum Gasteiger partial charge on any atom is -0.367 e. The number of nitrogens with zero attached hydrogens (tertiary/aromatic N) is 3. The van der Waals surface area contributed by atoms with Crippen LogP contribution in [0.2, 0.25) is 0 Å². The predicted molar refractivity (Wildman–Crippen MR) is 99.4 cm³/mol. The zero-order valence-electron chi connectivity index (χ0n) is 14.2. The van der Waals surface area contributed by atoms with Gasteiger partial charge in [-0.3, -0.25) is 15.3 Å². The van der Waals surface area contributed by atoms with Crippen LogP contribution < -0.4 is 10.6 Å². The smallest absolute Gasteiger partial charge is 0.136 e. The summed E-state index contributed by atoms with van der Waals surface area (Å²) in [5.41, 5.74) is 1.89. The van der Waals surface area contributed by atoms with Crippen molar-refractivity contribution in [2.75, 3.05) is 13.2 Å². The molecule has 1 saturated carbocycles. The molecule has 23 heavy (non-hydrogen) atoms. The highest BCUT2D eigenvalue weighted by Crippen LogP contribution is 2.22. The minimum absolute atomic E-state index is 0.481. The van der Waals surface area contributed by atoms with E-state index >= 15 is 0 Å². The van der Waals surface area contributed by atoms with E-state index < -0.39 is 0 Å². The molecule has 0 aromatic rings. The van der Waals surface area contributed by atoms with Gasteiger partial charge >= 0.3 is 0 Å². The highest BCUT2D eigenvalue weighted by atomic mass is 15.1. The Kier molecular flexibility index (Phi) is 7.73. The van der Waals surface area contributed by atoms with Gasteiger partial charge in [0.1, 0.15) is 5.82 Å². The van der Waals surface area contributed by atoms with Crippen LogP contribution in [0.1, 0.15) is 51.9 Å². The lowest BCUT2D eigenvalue weighted by Gasteiger charge is -2.25. The van der Waals surface area contributed by atoms with Crippen molar-refractivity contribution in [2.45, 2.75) is 57.9 Å². The zero-order chi connectivity index (χ0) is 16.3. The van der Waals surface area contributed by atoms with E-state index in [1.165, 1.54) is 32.1 Å².